The molecule has 1 aromatic carbocycles. The summed E-state index contributed by atoms with van der Waals surface area (Å²) < 4.78 is 7.25. The second-order valence-corrected chi connectivity index (χ2v) is 4.48. The molecule has 0 atom stereocenters. The van der Waals surface area contributed by atoms with Crippen molar-refractivity contribution in [3.05, 3.63) is 59.5 Å². The zero-order valence-electron chi connectivity index (χ0n) is 10.6. The van der Waals surface area contributed by atoms with E-state index in [9.17, 15) is 0 Å². The SMILES string of the molecule is N#Cc1cnc(Oc2cccc(-n3ccnn3)c2)c(Cl)c1. The molecule has 0 N–H and O–H groups in total. The summed E-state index contributed by atoms with van der Waals surface area (Å²) in [6.45, 7) is 0. The molecule has 2 aromatic heterocycles. The number of nitrogens with zero attached hydrogens (tertiary/aromatic N) is 5. The first-order chi connectivity index (χ1) is 10.3. The molecule has 3 rings (SSSR count). The summed E-state index contributed by atoms with van der Waals surface area (Å²) in [7, 11) is 0. The summed E-state index contributed by atoms with van der Waals surface area (Å²) in [4.78, 5) is 4.03. The maximum Gasteiger partial charge on any atom is 0.238 e. The smallest absolute Gasteiger partial charge is 0.238 e. The van der Waals surface area contributed by atoms with E-state index in [1.165, 1.54) is 12.3 Å². The Morgan fingerprint density at radius 2 is 2.19 bits per heavy atom. The number of aromatic nitrogens is 4. The third kappa shape index (κ3) is 2.83. The van der Waals surface area contributed by atoms with Crippen LogP contribution >= 0.6 is 11.6 Å². The molecule has 102 valence electrons. The zero-order chi connectivity index (χ0) is 14.7. The normalized spacial score (nSPS) is 10.1. The first-order valence-electron chi connectivity index (χ1n) is 5.96. The number of pyridine rings is 1. The van der Waals surface area contributed by atoms with Crippen LogP contribution in [0, 0.1) is 11.3 Å². The second-order valence-electron chi connectivity index (χ2n) is 4.07. The lowest BCUT2D eigenvalue weighted by atomic mass is 10.3. The third-order valence-corrected chi connectivity index (χ3v) is 2.93. The topological polar surface area (TPSA) is 76.6 Å². The van der Waals surface area contributed by atoms with Crippen LogP contribution in [0.5, 0.6) is 11.6 Å². The summed E-state index contributed by atoms with van der Waals surface area (Å²) in [5.74, 6) is 0.800. The fourth-order valence-electron chi connectivity index (χ4n) is 1.71. The molecule has 0 aliphatic rings. The lowest BCUT2D eigenvalue weighted by molar-refractivity contribution is 0.462. The number of hydrogen-bond acceptors (Lipinski definition) is 5. The lowest BCUT2D eigenvalue weighted by Gasteiger charge is -2.08. The maximum atomic E-state index is 8.78. The lowest BCUT2D eigenvalue weighted by Crippen LogP contribution is -1.96. The predicted octanol–water partition coefficient (Wildman–Crippen LogP) is 2.98. The standard InChI is InChI=1S/C14H8ClN5O/c15-13-6-10(8-16)9-17-14(13)21-12-3-1-2-11(7-12)20-5-4-18-19-20/h1-7,9H. The number of hydrogen-bond donors (Lipinski definition) is 0. The zero-order valence-corrected chi connectivity index (χ0v) is 11.4. The molecule has 6 nitrogen and oxygen atoms in total. The van der Waals surface area contributed by atoms with Gasteiger partial charge in [-0.25, -0.2) is 9.67 Å². The average molecular weight is 298 g/mol. The van der Waals surface area contributed by atoms with Crippen LogP contribution in [-0.2, 0) is 0 Å². The minimum Gasteiger partial charge on any atom is -0.437 e. The molecule has 2 heterocycles. The molecule has 0 amide bonds. The molecule has 3 aromatic rings. The summed E-state index contributed by atoms with van der Waals surface area (Å²) >= 11 is 6.03. The van der Waals surface area contributed by atoms with Crippen molar-refractivity contribution in [3.63, 3.8) is 0 Å². The Labute approximate surface area is 125 Å². The van der Waals surface area contributed by atoms with Crippen LogP contribution in [0.4, 0.5) is 0 Å². The van der Waals surface area contributed by atoms with Gasteiger partial charge in [0, 0.05) is 12.3 Å². The van der Waals surface area contributed by atoms with Gasteiger partial charge in [-0.05, 0) is 18.2 Å². The Bertz CT molecular complexity index is 810. The third-order valence-electron chi connectivity index (χ3n) is 2.66. The van der Waals surface area contributed by atoms with Crippen LogP contribution in [0.15, 0.2) is 48.9 Å². The molecule has 21 heavy (non-hydrogen) atoms. The van der Waals surface area contributed by atoms with Gasteiger partial charge in [-0.15, -0.1) is 5.10 Å². The van der Waals surface area contributed by atoms with Crippen molar-refractivity contribution >= 4 is 11.6 Å². The van der Waals surface area contributed by atoms with Crippen molar-refractivity contribution in [3.8, 4) is 23.4 Å². The van der Waals surface area contributed by atoms with E-state index in [0.29, 0.717) is 11.3 Å². The quantitative estimate of drug-likeness (QED) is 0.742. The van der Waals surface area contributed by atoms with Crippen molar-refractivity contribution in [2.45, 2.75) is 0 Å². The summed E-state index contributed by atoms with van der Waals surface area (Å²) in [6, 6.07) is 10.7. The van der Waals surface area contributed by atoms with Gasteiger partial charge in [-0.1, -0.05) is 22.9 Å². The van der Waals surface area contributed by atoms with Gasteiger partial charge in [0.1, 0.15) is 16.8 Å². The van der Waals surface area contributed by atoms with E-state index in [0.717, 1.165) is 5.69 Å². The van der Waals surface area contributed by atoms with Gasteiger partial charge < -0.3 is 4.74 Å². The number of halogens is 1. The molecule has 0 fully saturated rings. The van der Waals surface area contributed by atoms with E-state index in [1.807, 2.05) is 18.2 Å². The molecular weight excluding hydrogens is 290 g/mol. The van der Waals surface area contributed by atoms with Gasteiger partial charge >= 0.3 is 0 Å². The van der Waals surface area contributed by atoms with Gasteiger partial charge in [0.25, 0.3) is 0 Å². The fraction of sp³-hybridized carbons (Fsp3) is 0. The molecule has 0 radical (unpaired) electrons. The van der Waals surface area contributed by atoms with Crippen LogP contribution in [-0.4, -0.2) is 20.0 Å². The number of rotatable bonds is 3. The monoisotopic (exact) mass is 297 g/mol. The number of benzene rings is 1. The van der Waals surface area contributed by atoms with Crippen molar-refractivity contribution in [2.24, 2.45) is 0 Å². The highest BCUT2D eigenvalue weighted by atomic mass is 35.5. The van der Waals surface area contributed by atoms with Crippen molar-refractivity contribution in [1.82, 2.24) is 20.0 Å². The molecule has 0 aliphatic heterocycles. The van der Waals surface area contributed by atoms with E-state index in [-0.39, 0.29) is 10.9 Å². The molecule has 0 aliphatic carbocycles. The van der Waals surface area contributed by atoms with Gasteiger partial charge in [0.15, 0.2) is 0 Å². The molecule has 0 saturated carbocycles. The van der Waals surface area contributed by atoms with E-state index in [1.54, 1.807) is 29.2 Å². The Kier molecular flexibility index (Phi) is 3.50. The Morgan fingerprint density at radius 3 is 2.90 bits per heavy atom. The second kappa shape index (κ2) is 5.61. The highest BCUT2D eigenvalue weighted by Gasteiger charge is 2.07. The van der Waals surface area contributed by atoms with Crippen LogP contribution in [0.2, 0.25) is 5.02 Å². The minimum atomic E-state index is 0.242. The van der Waals surface area contributed by atoms with Gasteiger partial charge in [0.2, 0.25) is 5.88 Å². The van der Waals surface area contributed by atoms with E-state index >= 15 is 0 Å². The molecular formula is C14H8ClN5O. The number of nitriles is 1. The highest BCUT2D eigenvalue weighted by molar-refractivity contribution is 6.31. The Hall–Kier alpha value is -2.91. The highest BCUT2D eigenvalue weighted by Crippen LogP contribution is 2.28. The van der Waals surface area contributed by atoms with Crippen LogP contribution < -0.4 is 4.74 Å². The molecule has 0 unspecified atom stereocenters. The fourth-order valence-corrected chi connectivity index (χ4v) is 1.91. The minimum absolute atomic E-state index is 0.242. The Morgan fingerprint density at radius 1 is 1.29 bits per heavy atom. The predicted molar refractivity (Wildman–Crippen MR) is 75.4 cm³/mol. The molecule has 0 spiro atoms. The first-order valence-corrected chi connectivity index (χ1v) is 6.34. The summed E-state index contributed by atoms with van der Waals surface area (Å²) in [6.07, 6.45) is 4.72. The van der Waals surface area contributed by atoms with Crippen LogP contribution in [0.3, 0.4) is 0 Å². The molecule has 7 heteroatoms. The van der Waals surface area contributed by atoms with Crippen LogP contribution in [0.25, 0.3) is 5.69 Å². The molecule has 0 saturated heterocycles. The van der Waals surface area contributed by atoms with Crippen molar-refractivity contribution < 1.29 is 4.74 Å². The summed E-state index contributed by atoms with van der Waals surface area (Å²) in [5, 5.41) is 16.7. The largest absolute Gasteiger partial charge is 0.437 e. The van der Waals surface area contributed by atoms with Crippen molar-refractivity contribution in [1.29, 1.82) is 5.26 Å². The van der Waals surface area contributed by atoms with Gasteiger partial charge in [-0.3, -0.25) is 0 Å². The maximum absolute atomic E-state index is 8.78. The van der Waals surface area contributed by atoms with Gasteiger partial charge in [0.05, 0.1) is 23.6 Å². The van der Waals surface area contributed by atoms with E-state index < -0.39 is 0 Å². The van der Waals surface area contributed by atoms with Crippen LogP contribution in [0.1, 0.15) is 5.56 Å². The Balaban J connectivity index is 1.89. The molecule has 0 bridgehead atoms. The van der Waals surface area contributed by atoms with E-state index in [4.69, 9.17) is 21.6 Å². The number of ether oxygens (including phenoxy) is 1. The van der Waals surface area contributed by atoms with Gasteiger partial charge in [-0.2, -0.15) is 5.26 Å². The average Bonchev–Trinajstić information content (AvgIpc) is 3.04. The summed E-state index contributed by atoms with van der Waals surface area (Å²) in [5.41, 5.74) is 1.18. The first kappa shape index (κ1) is 13.1. The van der Waals surface area contributed by atoms with E-state index in [2.05, 4.69) is 15.3 Å². The van der Waals surface area contributed by atoms with Crippen molar-refractivity contribution in [2.75, 3.05) is 0 Å².